The molecule has 0 spiro atoms. The third kappa shape index (κ3) is 4.07. The van der Waals surface area contributed by atoms with Gasteiger partial charge in [0, 0.05) is 22.2 Å². The molecule has 0 aliphatic heterocycles. The van der Waals surface area contributed by atoms with Crippen LogP contribution in [0.25, 0.3) is 0 Å². The lowest BCUT2D eigenvalue weighted by molar-refractivity contribution is 0.909. The van der Waals surface area contributed by atoms with E-state index in [0.717, 1.165) is 0 Å². The van der Waals surface area contributed by atoms with Gasteiger partial charge >= 0.3 is 0 Å². The van der Waals surface area contributed by atoms with E-state index in [2.05, 4.69) is 20.3 Å². The Morgan fingerprint density at radius 3 is 2.19 bits per heavy atom. The van der Waals surface area contributed by atoms with Gasteiger partial charge in [-0.3, -0.25) is 0 Å². The topological polar surface area (TPSA) is 98.3 Å². The maximum absolute atomic E-state index is 9.18. The predicted octanol–water partition coefficient (Wildman–Crippen LogP) is 4.26. The fraction of sp³-hybridized carbons (Fsp3) is 0.0556. The number of hydrogen-bond acceptors (Lipinski definition) is 6. The summed E-state index contributed by atoms with van der Waals surface area (Å²) in [6, 6.07) is 15.9. The minimum atomic E-state index is -0.0191. The molecule has 0 radical (unpaired) electrons. The van der Waals surface area contributed by atoms with Crippen LogP contribution in [0.4, 0.5) is 11.6 Å². The molecule has 3 aromatic rings. The molecule has 6 nitrogen and oxygen atoms in total. The lowest BCUT2D eigenvalue weighted by atomic mass is 10.1. The summed E-state index contributed by atoms with van der Waals surface area (Å²) >= 11 is 12.4. The highest BCUT2D eigenvalue weighted by molar-refractivity contribution is 6.36. The van der Waals surface area contributed by atoms with Crippen molar-refractivity contribution in [2.75, 3.05) is 5.32 Å². The van der Waals surface area contributed by atoms with Crippen LogP contribution in [-0.4, -0.2) is 15.0 Å². The maximum Gasteiger partial charge on any atom is 0.237 e. The molecule has 8 heteroatoms. The van der Waals surface area contributed by atoms with Gasteiger partial charge in [-0.1, -0.05) is 29.3 Å². The van der Waals surface area contributed by atoms with E-state index >= 15 is 0 Å². The van der Waals surface area contributed by atoms with Crippen LogP contribution in [0.1, 0.15) is 22.8 Å². The number of halogens is 2. The summed E-state index contributed by atoms with van der Waals surface area (Å²) in [6.45, 7) is 0. The van der Waals surface area contributed by atoms with Gasteiger partial charge < -0.3 is 5.32 Å². The molecule has 1 heterocycles. The molecule has 126 valence electrons. The average molecular weight is 381 g/mol. The van der Waals surface area contributed by atoms with Gasteiger partial charge in [0.15, 0.2) is 0 Å². The first kappa shape index (κ1) is 17.6. The number of anilines is 2. The molecular weight excluding hydrogens is 371 g/mol. The van der Waals surface area contributed by atoms with Crippen molar-refractivity contribution in [1.82, 2.24) is 15.0 Å². The number of nitrogens with zero attached hydrogens (tertiary/aromatic N) is 5. The molecule has 0 aliphatic carbocycles. The van der Waals surface area contributed by atoms with Gasteiger partial charge in [0.2, 0.25) is 11.8 Å². The summed E-state index contributed by atoms with van der Waals surface area (Å²) in [5.41, 5.74) is 1.90. The highest BCUT2D eigenvalue weighted by Gasteiger charge is 2.12. The quantitative estimate of drug-likeness (QED) is 0.725. The van der Waals surface area contributed by atoms with Gasteiger partial charge in [0.1, 0.15) is 11.9 Å². The van der Waals surface area contributed by atoms with Crippen molar-refractivity contribution in [3.05, 3.63) is 75.3 Å². The Morgan fingerprint density at radius 1 is 0.885 bits per heavy atom. The molecule has 0 amide bonds. The summed E-state index contributed by atoms with van der Waals surface area (Å²) in [5.74, 6) is 0.566. The molecule has 1 N–H and O–H groups in total. The molecule has 0 atom stereocenters. The van der Waals surface area contributed by atoms with Gasteiger partial charge in [0.25, 0.3) is 0 Å². The summed E-state index contributed by atoms with van der Waals surface area (Å²) in [6.07, 6.45) is 0.262. The second-order valence-electron chi connectivity index (χ2n) is 5.20. The van der Waals surface area contributed by atoms with Gasteiger partial charge in [-0.25, -0.2) is 4.98 Å². The van der Waals surface area contributed by atoms with Crippen molar-refractivity contribution in [2.24, 2.45) is 0 Å². The lowest BCUT2D eigenvalue weighted by Crippen LogP contribution is -2.07. The number of aromatic nitrogens is 3. The van der Waals surface area contributed by atoms with Crippen molar-refractivity contribution in [2.45, 2.75) is 6.42 Å². The highest BCUT2D eigenvalue weighted by atomic mass is 35.5. The van der Waals surface area contributed by atoms with E-state index in [1.165, 1.54) is 0 Å². The zero-order chi connectivity index (χ0) is 18.5. The first-order valence-electron chi connectivity index (χ1n) is 7.44. The highest BCUT2D eigenvalue weighted by Crippen LogP contribution is 2.26. The number of hydrogen-bond donors (Lipinski definition) is 1. The Labute approximate surface area is 159 Å². The summed E-state index contributed by atoms with van der Waals surface area (Å²) in [4.78, 5) is 12.5. The van der Waals surface area contributed by atoms with Crippen LogP contribution in [0.5, 0.6) is 0 Å². The average Bonchev–Trinajstić information content (AvgIpc) is 2.65. The minimum Gasteiger partial charge on any atom is -0.324 e. The van der Waals surface area contributed by atoms with Crippen molar-refractivity contribution < 1.29 is 0 Å². The van der Waals surface area contributed by atoms with E-state index < -0.39 is 0 Å². The zero-order valence-electron chi connectivity index (χ0n) is 13.2. The third-order valence-electron chi connectivity index (χ3n) is 3.45. The fourth-order valence-corrected chi connectivity index (χ4v) is 2.75. The smallest absolute Gasteiger partial charge is 0.237 e. The number of nitrogens with one attached hydrogen (secondary N) is 1. The van der Waals surface area contributed by atoms with Crippen molar-refractivity contribution in [1.29, 1.82) is 10.5 Å². The zero-order valence-corrected chi connectivity index (χ0v) is 14.8. The fourth-order valence-electron chi connectivity index (χ4n) is 2.22. The Bertz CT molecular complexity index is 1010. The number of rotatable bonds is 4. The normalized spacial score (nSPS) is 10.0. The molecule has 0 bridgehead atoms. The Hall–Kier alpha value is -3.19. The molecule has 2 aromatic carbocycles. The van der Waals surface area contributed by atoms with Gasteiger partial charge in [0.05, 0.1) is 11.6 Å². The first-order chi connectivity index (χ1) is 12.6. The number of benzene rings is 2. The van der Waals surface area contributed by atoms with E-state index in [1.807, 2.05) is 12.1 Å². The number of nitriles is 2. The van der Waals surface area contributed by atoms with E-state index in [-0.39, 0.29) is 18.2 Å². The van der Waals surface area contributed by atoms with Crippen molar-refractivity contribution in [3.8, 4) is 12.1 Å². The maximum atomic E-state index is 9.18. The summed E-state index contributed by atoms with van der Waals surface area (Å²) in [7, 11) is 0. The molecule has 0 saturated heterocycles. The van der Waals surface area contributed by atoms with E-state index in [9.17, 15) is 5.26 Å². The van der Waals surface area contributed by atoms with Gasteiger partial charge in [-0.05, 0) is 42.0 Å². The van der Waals surface area contributed by atoms with Gasteiger partial charge in [-0.15, -0.1) is 0 Å². The first-order valence-corrected chi connectivity index (χ1v) is 8.20. The summed E-state index contributed by atoms with van der Waals surface area (Å²) < 4.78 is 0. The van der Waals surface area contributed by atoms with Gasteiger partial charge in [-0.2, -0.15) is 20.5 Å². The minimum absolute atomic E-state index is 0.0191. The van der Waals surface area contributed by atoms with E-state index in [4.69, 9.17) is 28.5 Å². The molecule has 26 heavy (non-hydrogen) atoms. The molecule has 0 aliphatic rings. The van der Waals surface area contributed by atoms with Crippen LogP contribution >= 0.6 is 23.2 Å². The van der Waals surface area contributed by atoms with Crippen LogP contribution in [0, 0.1) is 22.7 Å². The second-order valence-corrected chi connectivity index (χ2v) is 6.02. The van der Waals surface area contributed by atoms with Crippen LogP contribution in [0.2, 0.25) is 10.0 Å². The van der Waals surface area contributed by atoms with Crippen LogP contribution in [-0.2, 0) is 6.42 Å². The molecule has 1 aromatic heterocycles. The Balaban J connectivity index is 1.91. The van der Waals surface area contributed by atoms with E-state index in [0.29, 0.717) is 32.7 Å². The van der Waals surface area contributed by atoms with Crippen LogP contribution in [0.15, 0.2) is 42.5 Å². The molecule has 0 fully saturated rings. The monoisotopic (exact) mass is 380 g/mol. The third-order valence-corrected chi connectivity index (χ3v) is 4.16. The SMILES string of the molecule is N#Cc1ccc(Nc2nc(C#N)nc(Cc3c(Cl)cccc3Cl)n2)cc1. The molecule has 3 rings (SSSR count). The molecule has 0 unspecified atom stereocenters. The standard InChI is InChI=1S/C18H10Cl2N6/c19-14-2-1-3-15(20)13(14)8-16-24-17(10-22)26-18(25-16)23-12-6-4-11(9-21)5-7-12/h1-7H,8H2,(H,23,24,25,26). The molecular formula is C18H10Cl2N6. The summed E-state index contributed by atoms with van der Waals surface area (Å²) in [5, 5.41) is 22.0. The predicted molar refractivity (Wildman–Crippen MR) is 98.2 cm³/mol. The lowest BCUT2D eigenvalue weighted by Gasteiger charge is -2.09. The largest absolute Gasteiger partial charge is 0.324 e. The van der Waals surface area contributed by atoms with Crippen LogP contribution in [0.3, 0.4) is 0 Å². The Kier molecular flexibility index (Phi) is 5.28. The van der Waals surface area contributed by atoms with Crippen molar-refractivity contribution in [3.63, 3.8) is 0 Å². The van der Waals surface area contributed by atoms with E-state index in [1.54, 1.807) is 42.5 Å². The molecule has 0 saturated carbocycles. The van der Waals surface area contributed by atoms with Crippen LogP contribution < -0.4 is 5.32 Å². The van der Waals surface area contributed by atoms with Crippen molar-refractivity contribution >= 4 is 34.8 Å². The Morgan fingerprint density at radius 2 is 1.58 bits per heavy atom. The second kappa shape index (κ2) is 7.79.